The van der Waals surface area contributed by atoms with E-state index in [0.29, 0.717) is 20.7 Å². The topological polar surface area (TPSA) is 78.0 Å². The molecule has 2 rings (SSSR count). The highest BCUT2D eigenvalue weighted by Crippen LogP contribution is 2.25. The second-order valence-corrected chi connectivity index (χ2v) is 4.26. The SMILES string of the molecule is Cc1c(C(N)=O)sc2ncn(C)c(=O)c12. The molecule has 2 heterocycles. The van der Waals surface area contributed by atoms with Crippen molar-refractivity contribution in [2.45, 2.75) is 6.92 Å². The van der Waals surface area contributed by atoms with Crippen molar-refractivity contribution in [3.8, 4) is 0 Å². The highest BCUT2D eigenvalue weighted by Gasteiger charge is 2.16. The number of rotatable bonds is 1. The second kappa shape index (κ2) is 3.16. The van der Waals surface area contributed by atoms with Gasteiger partial charge in [-0.05, 0) is 12.5 Å². The fourth-order valence-electron chi connectivity index (χ4n) is 1.44. The fourth-order valence-corrected chi connectivity index (χ4v) is 2.44. The summed E-state index contributed by atoms with van der Waals surface area (Å²) in [4.78, 5) is 27.9. The third-order valence-electron chi connectivity index (χ3n) is 2.23. The lowest BCUT2D eigenvalue weighted by Crippen LogP contribution is -2.17. The van der Waals surface area contributed by atoms with Gasteiger partial charge < -0.3 is 10.3 Å². The molecule has 0 aromatic carbocycles. The van der Waals surface area contributed by atoms with Gasteiger partial charge in [-0.1, -0.05) is 0 Å². The molecule has 0 aliphatic carbocycles. The highest BCUT2D eigenvalue weighted by molar-refractivity contribution is 7.20. The van der Waals surface area contributed by atoms with E-state index in [1.807, 2.05) is 0 Å². The third-order valence-corrected chi connectivity index (χ3v) is 3.45. The zero-order chi connectivity index (χ0) is 11.2. The molecule has 0 atom stereocenters. The lowest BCUT2D eigenvalue weighted by molar-refractivity contribution is 0.100. The molecule has 2 aromatic heterocycles. The fraction of sp³-hybridized carbons (Fsp3) is 0.222. The van der Waals surface area contributed by atoms with Crippen LogP contribution in [0.25, 0.3) is 10.2 Å². The first-order chi connectivity index (χ1) is 7.02. The van der Waals surface area contributed by atoms with Crippen molar-refractivity contribution in [3.05, 3.63) is 27.1 Å². The Balaban J connectivity index is 2.96. The predicted octanol–water partition coefficient (Wildman–Crippen LogP) is 0.402. The molecule has 0 fully saturated rings. The Morgan fingerprint density at radius 2 is 2.27 bits per heavy atom. The van der Waals surface area contributed by atoms with Crippen LogP contribution < -0.4 is 11.3 Å². The predicted molar refractivity (Wildman–Crippen MR) is 58.1 cm³/mol. The van der Waals surface area contributed by atoms with E-state index in [4.69, 9.17) is 5.73 Å². The molecule has 0 bridgehead atoms. The molecule has 0 unspecified atom stereocenters. The molecule has 0 aliphatic heterocycles. The van der Waals surface area contributed by atoms with Crippen LogP contribution >= 0.6 is 11.3 Å². The van der Waals surface area contributed by atoms with E-state index >= 15 is 0 Å². The molecular formula is C9H9N3O2S. The number of thiophene rings is 1. The number of primary amides is 1. The Hall–Kier alpha value is -1.69. The Kier molecular flexibility index (Phi) is 2.08. The van der Waals surface area contributed by atoms with Gasteiger partial charge in [0, 0.05) is 7.05 Å². The number of hydrogen-bond donors (Lipinski definition) is 1. The first kappa shape index (κ1) is 9.85. The van der Waals surface area contributed by atoms with Gasteiger partial charge in [-0.15, -0.1) is 11.3 Å². The monoisotopic (exact) mass is 223 g/mol. The van der Waals surface area contributed by atoms with Gasteiger partial charge in [0.25, 0.3) is 11.5 Å². The minimum atomic E-state index is -0.516. The molecule has 2 N–H and O–H groups in total. The Morgan fingerprint density at radius 1 is 1.60 bits per heavy atom. The quantitative estimate of drug-likeness (QED) is 0.760. The van der Waals surface area contributed by atoms with Gasteiger partial charge in [0.2, 0.25) is 0 Å². The van der Waals surface area contributed by atoms with Gasteiger partial charge in [0.1, 0.15) is 4.83 Å². The van der Waals surface area contributed by atoms with Gasteiger partial charge >= 0.3 is 0 Å². The molecule has 0 saturated heterocycles. The summed E-state index contributed by atoms with van der Waals surface area (Å²) in [5.41, 5.74) is 5.67. The Labute approximate surface area is 89.2 Å². The zero-order valence-electron chi connectivity index (χ0n) is 8.27. The number of carbonyl (C=O) groups excluding carboxylic acids is 1. The second-order valence-electron chi connectivity index (χ2n) is 3.26. The van der Waals surface area contributed by atoms with Crippen LogP contribution in [0.4, 0.5) is 0 Å². The Bertz CT molecular complexity index is 612. The van der Waals surface area contributed by atoms with Crippen LogP contribution in [0.15, 0.2) is 11.1 Å². The minimum Gasteiger partial charge on any atom is -0.365 e. The van der Waals surface area contributed by atoms with E-state index < -0.39 is 5.91 Å². The first-order valence-corrected chi connectivity index (χ1v) is 5.08. The largest absolute Gasteiger partial charge is 0.365 e. The molecule has 5 nitrogen and oxygen atoms in total. The highest BCUT2D eigenvalue weighted by atomic mass is 32.1. The summed E-state index contributed by atoms with van der Waals surface area (Å²) in [6, 6.07) is 0. The van der Waals surface area contributed by atoms with Crippen LogP contribution in [0.2, 0.25) is 0 Å². The lowest BCUT2D eigenvalue weighted by Gasteiger charge is -1.95. The maximum Gasteiger partial charge on any atom is 0.262 e. The van der Waals surface area contributed by atoms with Crippen LogP contribution in [-0.2, 0) is 7.05 Å². The van der Waals surface area contributed by atoms with E-state index in [-0.39, 0.29) is 5.56 Å². The molecule has 0 radical (unpaired) electrons. The number of hydrogen-bond acceptors (Lipinski definition) is 4. The molecule has 0 aliphatic rings. The zero-order valence-corrected chi connectivity index (χ0v) is 9.09. The maximum absolute atomic E-state index is 11.8. The third kappa shape index (κ3) is 1.33. The maximum atomic E-state index is 11.8. The molecule has 1 amide bonds. The number of nitrogens with two attached hydrogens (primary N) is 1. The molecular weight excluding hydrogens is 214 g/mol. The van der Waals surface area contributed by atoms with E-state index in [0.717, 1.165) is 11.3 Å². The number of nitrogens with zero attached hydrogens (tertiary/aromatic N) is 2. The number of fused-ring (bicyclic) bond motifs is 1. The van der Waals surface area contributed by atoms with Crippen molar-refractivity contribution in [3.63, 3.8) is 0 Å². The summed E-state index contributed by atoms with van der Waals surface area (Å²) in [6.45, 7) is 1.71. The van der Waals surface area contributed by atoms with Crippen LogP contribution in [0, 0.1) is 6.92 Å². The van der Waals surface area contributed by atoms with E-state index in [2.05, 4.69) is 4.98 Å². The van der Waals surface area contributed by atoms with Crippen molar-refractivity contribution >= 4 is 27.5 Å². The number of aromatic nitrogens is 2. The van der Waals surface area contributed by atoms with Crippen LogP contribution in [0.3, 0.4) is 0 Å². The van der Waals surface area contributed by atoms with E-state index in [9.17, 15) is 9.59 Å². The van der Waals surface area contributed by atoms with Crippen LogP contribution in [0.5, 0.6) is 0 Å². The Morgan fingerprint density at radius 3 is 2.87 bits per heavy atom. The summed E-state index contributed by atoms with van der Waals surface area (Å²) in [7, 11) is 1.62. The molecule has 6 heteroatoms. The van der Waals surface area contributed by atoms with Crippen LogP contribution in [-0.4, -0.2) is 15.5 Å². The standard InChI is InChI=1S/C9H9N3O2S/c1-4-5-8(15-6(4)7(10)13)11-3-12(2)9(5)14/h3H,1-2H3,(H2,10,13). The van der Waals surface area contributed by atoms with Crippen LogP contribution in [0.1, 0.15) is 15.2 Å². The van der Waals surface area contributed by atoms with E-state index in [1.54, 1.807) is 14.0 Å². The van der Waals surface area contributed by atoms with Crippen molar-refractivity contribution in [1.29, 1.82) is 0 Å². The van der Waals surface area contributed by atoms with Crippen molar-refractivity contribution in [1.82, 2.24) is 9.55 Å². The van der Waals surface area contributed by atoms with Gasteiger partial charge in [0.05, 0.1) is 16.6 Å². The van der Waals surface area contributed by atoms with Gasteiger partial charge in [0.15, 0.2) is 0 Å². The summed E-state index contributed by atoms with van der Waals surface area (Å²) in [6.07, 6.45) is 1.44. The first-order valence-electron chi connectivity index (χ1n) is 4.27. The normalized spacial score (nSPS) is 10.8. The molecule has 78 valence electrons. The lowest BCUT2D eigenvalue weighted by atomic mass is 10.2. The summed E-state index contributed by atoms with van der Waals surface area (Å²) < 4.78 is 1.38. The number of aryl methyl sites for hydroxylation is 2. The summed E-state index contributed by atoms with van der Waals surface area (Å²) in [5.74, 6) is -0.516. The smallest absolute Gasteiger partial charge is 0.262 e. The number of amides is 1. The number of carbonyl (C=O) groups is 1. The van der Waals surface area contributed by atoms with Gasteiger partial charge in [-0.3, -0.25) is 9.59 Å². The molecule has 15 heavy (non-hydrogen) atoms. The minimum absolute atomic E-state index is 0.152. The average molecular weight is 223 g/mol. The van der Waals surface area contributed by atoms with Crippen molar-refractivity contribution in [2.75, 3.05) is 0 Å². The summed E-state index contributed by atoms with van der Waals surface area (Å²) in [5, 5.41) is 0.485. The van der Waals surface area contributed by atoms with E-state index in [1.165, 1.54) is 10.9 Å². The molecule has 0 saturated carbocycles. The van der Waals surface area contributed by atoms with Crippen molar-refractivity contribution in [2.24, 2.45) is 12.8 Å². The van der Waals surface area contributed by atoms with Gasteiger partial charge in [-0.2, -0.15) is 0 Å². The summed E-state index contributed by atoms with van der Waals surface area (Å²) >= 11 is 1.16. The molecule has 0 spiro atoms. The average Bonchev–Trinajstić information content (AvgIpc) is 2.50. The molecule has 2 aromatic rings. The van der Waals surface area contributed by atoms with Crippen molar-refractivity contribution < 1.29 is 4.79 Å². The van der Waals surface area contributed by atoms with Gasteiger partial charge in [-0.25, -0.2) is 4.98 Å².